The summed E-state index contributed by atoms with van der Waals surface area (Å²) in [5.41, 5.74) is 4.67. The van der Waals surface area contributed by atoms with Gasteiger partial charge in [0.15, 0.2) is 5.69 Å². The Kier molecular flexibility index (Phi) is 7.75. The highest BCUT2D eigenvalue weighted by molar-refractivity contribution is 7.80. The first-order chi connectivity index (χ1) is 20.2. The summed E-state index contributed by atoms with van der Waals surface area (Å²) in [5, 5.41) is 18.2. The van der Waals surface area contributed by atoms with E-state index >= 15 is 4.39 Å². The van der Waals surface area contributed by atoms with Crippen LogP contribution in [-0.2, 0) is 24.1 Å². The highest BCUT2D eigenvalue weighted by atomic mass is 32.2. The first-order valence-corrected chi connectivity index (χ1v) is 15.8. The van der Waals surface area contributed by atoms with Crippen LogP contribution in [0.25, 0.3) is 26.8 Å². The number of carboxylic acids is 1. The van der Waals surface area contributed by atoms with Gasteiger partial charge in [-0.15, -0.1) is 22.7 Å². The van der Waals surface area contributed by atoms with Crippen LogP contribution < -0.4 is 4.72 Å². The molecule has 1 aliphatic rings. The summed E-state index contributed by atoms with van der Waals surface area (Å²) in [4.78, 5) is 16.7. The predicted molar refractivity (Wildman–Crippen MR) is 160 cm³/mol. The van der Waals surface area contributed by atoms with E-state index in [0.29, 0.717) is 39.9 Å². The molecule has 42 heavy (non-hydrogen) atoms. The summed E-state index contributed by atoms with van der Waals surface area (Å²) in [6, 6.07) is 11.1. The number of rotatable bonds is 10. The van der Waals surface area contributed by atoms with E-state index < -0.39 is 23.1 Å². The Morgan fingerprint density at radius 2 is 1.93 bits per heavy atom. The van der Waals surface area contributed by atoms with Crippen LogP contribution >= 0.6 is 22.7 Å². The Morgan fingerprint density at radius 3 is 2.57 bits per heavy atom. The molecule has 1 atom stereocenters. The van der Waals surface area contributed by atoms with Crippen LogP contribution in [0.2, 0.25) is 0 Å². The molecule has 1 unspecified atom stereocenters. The number of anilines is 1. The third kappa shape index (κ3) is 5.91. The molecule has 2 aromatic carbocycles. The number of thiazole rings is 1. The average molecular weight is 627 g/mol. The zero-order valence-corrected chi connectivity index (χ0v) is 24.6. The largest absolute Gasteiger partial charge is 0.476 e. The molecule has 0 amide bonds. The van der Waals surface area contributed by atoms with Crippen LogP contribution in [0, 0.1) is 24.5 Å². The standard InChI is InChI=1S/C29H24F2N4O4S3/c1-15-8-26(40-13-15)19-12-18(5-6-21(19)30)27-20(9-17-4-7-23(22(31)10-17)34-42(38)39)24(11-16-2-3-16)33-35(27)29-32-25(14-41-29)28(36)37/h4-8,10,12-14,16,34H,2-3,9,11H2,1H3,(H,36,37)(H,38,39). The monoisotopic (exact) mass is 626 g/mol. The normalized spacial score (nSPS) is 13.8. The summed E-state index contributed by atoms with van der Waals surface area (Å²) < 4.78 is 54.0. The molecule has 8 nitrogen and oxygen atoms in total. The Hall–Kier alpha value is -3.78. The van der Waals surface area contributed by atoms with Gasteiger partial charge in [-0.25, -0.2) is 27.5 Å². The van der Waals surface area contributed by atoms with Crippen molar-refractivity contribution in [1.29, 1.82) is 0 Å². The maximum absolute atomic E-state index is 15.1. The minimum absolute atomic E-state index is 0.105. The van der Waals surface area contributed by atoms with Crippen molar-refractivity contribution in [3.63, 3.8) is 0 Å². The minimum Gasteiger partial charge on any atom is -0.476 e. The number of halogens is 2. The molecule has 216 valence electrons. The fraction of sp³-hybridized carbons (Fsp3) is 0.207. The van der Waals surface area contributed by atoms with E-state index in [1.54, 1.807) is 22.9 Å². The third-order valence-electron chi connectivity index (χ3n) is 6.99. The van der Waals surface area contributed by atoms with Gasteiger partial charge in [0.1, 0.15) is 11.6 Å². The van der Waals surface area contributed by atoms with Gasteiger partial charge in [-0.3, -0.25) is 9.27 Å². The molecule has 1 aliphatic carbocycles. The summed E-state index contributed by atoms with van der Waals surface area (Å²) in [6.07, 6.45) is 3.07. The lowest BCUT2D eigenvalue weighted by Gasteiger charge is -2.12. The molecule has 6 rings (SSSR count). The third-order valence-corrected chi connectivity index (χ3v) is 9.28. The zero-order chi connectivity index (χ0) is 29.5. The molecule has 0 spiro atoms. The molecular weight excluding hydrogens is 603 g/mol. The number of thiophene rings is 1. The number of aryl methyl sites for hydroxylation is 1. The molecule has 0 saturated heterocycles. The zero-order valence-electron chi connectivity index (χ0n) is 22.1. The Balaban J connectivity index is 1.53. The van der Waals surface area contributed by atoms with Crippen LogP contribution in [-0.4, -0.2) is 34.6 Å². The first kappa shape index (κ1) is 28.3. The molecule has 3 N–H and O–H groups in total. The first-order valence-electron chi connectivity index (χ1n) is 13.0. The van der Waals surface area contributed by atoms with Crippen LogP contribution in [0.1, 0.15) is 45.7 Å². The number of aromatic carboxylic acids is 1. The van der Waals surface area contributed by atoms with Crippen molar-refractivity contribution < 1.29 is 27.4 Å². The number of benzene rings is 2. The lowest BCUT2D eigenvalue weighted by molar-refractivity contribution is 0.0691. The molecular formula is C29H24F2N4O4S3. The molecule has 0 radical (unpaired) electrons. The van der Waals surface area contributed by atoms with Crippen molar-refractivity contribution in [3.05, 3.63) is 92.9 Å². The van der Waals surface area contributed by atoms with Crippen LogP contribution in [0.15, 0.2) is 53.2 Å². The van der Waals surface area contributed by atoms with Gasteiger partial charge in [0.25, 0.3) is 11.3 Å². The second-order valence-electron chi connectivity index (χ2n) is 10.2. The number of carbonyl (C=O) groups is 1. The minimum atomic E-state index is -2.42. The lowest BCUT2D eigenvalue weighted by Crippen LogP contribution is -2.05. The van der Waals surface area contributed by atoms with Crippen molar-refractivity contribution in [3.8, 4) is 26.8 Å². The molecule has 13 heteroatoms. The van der Waals surface area contributed by atoms with E-state index in [1.807, 2.05) is 18.4 Å². The summed E-state index contributed by atoms with van der Waals surface area (Å²) in [6.45, 7) is 1.94. The van der Waals surface area contributed by atoms with E-state index in [2.05, 4.69) is 9.71 Å². The summed E-state index contributed by atoms with van der Waals surface area (Å²) in [5.74, 6) is -1.77. The van der Waals surface area contributed by atoms with Crippen LogP contribution in [0.5, 0.6) is 0 Å². The van der Waals surface area contributed by atoms with Gasteiger partial charge in [0.2, 0.25) is 5.13 Å². The smallest absolute Gasteiger partial charge is 0.355 e. The number of aromatic nitrogens is 3. The average Bonchev–Trinajstić information content (AvgIpc) is 3.29. The number of carboxylic acid groups (broad SMARTS) is 1. The second kappa shape index (κ2) is 11.5. The van der Waals surface area contributed by atoms with Gasteiger partial charge in [0.05, 0.1) is 17.1 Å². The number of hydrogen-bond acceptors (Lipinski definition) is 6. The van der Waals surface area contributed by atoms with E-state index in [4.69, 9.17) is 9.65 Å². The van der Waals surface area contributed by atoms with Gasteiger partial charge in [0, 0.05) is 33.4 Å². The molecule has 0 aliphatic heterocycles. The molecule has 1 fully saturated rings. The maximum atomic E-state index is 15.1. The van der Waals surface area contributed by atoms with Gasteiger partial charge >= 0.3 is 5.97 Å². The van der Waals surface area contributed by atoms with Crippen molar-refractivity contribution in [1.82, 2.24) is 14.8 Å². The van der Waals surface area contributed by atoms with Gasteiger partial charge in [-0.05, 0) is 85.0 Å². The van der Waals surface area contributed by atoms with Crippen molar-refractivity contribution in [2.24, 2.45) is 5.92 Å². The highest BCUT2D eigenvalue weighted by Crippen LogP contribution is 2.40. The Labute approximate surface area is 250 Å². The van der Waals surface area contributed by atoms with Crippen LogP contribution in [0.3, 0.4) is 0 Å². The molecule has 3 aromatic heterocycles. The number of nitrogens with one attached hydrogen (secondary N) is 1. The summed E-state index contributed by atoms with van der Waals surface area (Å²) in [7, 11) is 0. The van der Waals surface area contributed by atoms with Gasteiger partial charge in [-0.1, -0.05) is 6.07 Å². The van der Waals surface area contributed by atoms with E-state index in [0.717, 1.165) is 45.9 Å². The van der Waals surface area contributed by atoms with E-state index in [1.165, 1.54) is 34.9 Å². The van der Waals surface area contributed by atoms with Crippen molar-refractivity contribution >= 4 is 45.6 Å². The fourth-order valence-corrected chi connectivity index (χ4v) is 6.84. The van der Waals surface area contributed by atoms with Crippen molar-refractivity contribution in [2.45, 2.75) is 32.6 Å². The van der Waals surface area contributed by atoms with E-state index in [9.17, 15) is 18.5 Å². The molecule has 0 bridgehead atoms. The van der Waals surface area contributed by atoms with Crippen LogP contribution in [0.4, 0.5) is 14.5 Å². The Bertz CT molecular complexity index is 1840. The fourth-order valence-electron chi connectivity index (χ4n) is 4.82. The SMILES string of the molecule is Cc1csc(-c2cc(-c3c(Cc4ccc(NS(=O)O)c(F)c4)c(CC4CC4)nn3-c3nc(C(=O)O)cs3)ccc2F)c1. The second-order valence-corrected chi connectivity index (χ2v) is 12.6. The number of hydrogen-bond donors (Lipinski definition) is 3. The van der Waals surface area contributed by atoms with E-state index in [-0.39, 0.29) is 23.6 Å². The molecule has 1 saturated carbocycles. The lowest BCUT2D eigenvalue weighted by atomic mass is 9.95. The maximum Gasteiger partial charge on any atom is 0.355 e. The van der Waals surface area contributed by atoms with Crippen molar-refractivity contribution in [2.75, 3.05) is 4.72 Å². The topological polar surface area (TPSA) is 117 Å². The predicted octanol–water partition coefficient (Wildman–Crippen LogP) is 7.10. The Morgan fingerprint density at radius 1 is 1.12 bits per heavy atom. The molecule has 3 heterocycles. The quantitative estimate of drug-likeness (QED) is 0.142. The molecule has 5 aromatic rings. The number of nitrogens with zero attached hydrogens (tertiary/aromatic N) is 3. The van der Waals surface area contributed by atoms with Gasteiger partial charge in [-0.2, -0.15) is 5.10 Å². The van der Waals surface area contributed by atoms with Gasteiger partial charge < -0.3 is 5.11 Å². The summed E-state index contributed by atoms with van der Waals surface area (Å²) >= 11 is 0.152. The highest BCUT2D eigenvalue weighted by Gasteiger charge is 2.29.